The normalized spacial score (nSPS) is 9.47. The van der Waals surface area contributed by atoms with E-state index in [4.69, 9.17) is 0 Å². The molecule has 0 saturated carbocycles. The van der Waals surface area contributed by atoms with Crippen LogP contribution in [0.25, 0.3) is 0 Å². The van der Waals surface area contributed by atoms with Gasteiger partial charge in [-0.3, -0.25) is 9.59 Å². The number of benzene rings is 1. The first-order valence-corrected chi connectivity index (χ1v) is 4.63. The van der Waals surface area contributed by atoms with Crippen molar-refractivity contribution < 1.29 is 9.59 Å². The Hall–Kier alpha value is -1.84. The molecular formula is C11H14N2O2. The lowest BCUT2D eigenvalue weighted by molar-refractivity contribution is -0.127. The molecule has 1 rings (SSSR count). The van der Waals surface area contributed by atoms with Crippen molar-refractivity contribution in [2.75, 3.05) is 19.4 Å². The lowest BCUT2D eigenvalue weighted by Gasteiger charge is -2.10. The molecule has 15 heavy (non-hydrogen) atoms. The summed E-state index contributed by atoms with van der Waals surface area (Å²) in [7, 11) is 3.45. The molecule has 0 bridgehead atoms. The van der Waals surface area contributed by atoms with Crippen molar-refractivity contribution in [3.63, 3.8) is 0 Å². The number of nitrogens with zero attached hydrogens (tertiary/aromatic N) is 1. The van der Waals surface area contributed by atoms with Crippen LogP contribution >= 0.6 is 0 Å². The van der Waals surface area contributed by atoms with Crippen molar-refractivity contribution in [2.45, 2.75) is 6.42 Å². The van der Waals surface area contributed by atoms with Crippen LogP contribution in [0, 0.1) is 0 Å². The molecule has 2 amide bonds. The zero-order chi connectivity index (χ0) is 11.3. The summed E-state index contributed by atoms with van der Waals surface area (Å²) >= 11 is 0. The third kappa shape index (κ3) is 3.42. The first kappa shape index (κ1) is 11.2. The van der Waals surface area contributed by atoms with E-state index in [0.29, 0.717) is 12.8 Å². The average Bonchev–Trinajstić information content (AvgIpc) is 2.21. The van der Waals surface area contributed by atoms with Gasteiger partial charge in [0.05, 0.1) is 6.42 Å². The molecular weight excluding hydrogens is 192 g/mol. The predicted molar refractivity (Wildman–Crippen MR) is 58.5 cm³/mol. The number of anilines is 1. The van der Waals surface area contributed by atoms with Crippen LogP contribution in [-0.4, -0.2) is 31.3 Å². The Morgan fingerprint density at radius 3 is 2.40 bits per heavy atom. The van der Waals surface area contributed by atoms with Crippen LogP contribution in [-0.2, 0) is 16.0 Å². The van der Waals surface area contributed by atoms with E-state index < -0.39 is 0 Å². The first-order chi connectivity index (χ1) is 7.13. The van der Waals surface area contributed by atoms with E-state index in [1.807, 2.05) is 12.1 Å². The molecule has 0 saturated heterocycles. The lowest BCUT2D eigenvalue weighted by Crippen LogP contribution is -2.23. The van der Waals surface area contributed by atoms with Gasteiger partial charge >= 0.3 is 0 Å². The molecule has 4 heteroatoms. The molecule has 0 aliphatic carbocycles. The minimum Gasteiger partial charge on any atom is -0.349 e. The van der Waals surface area contributed by atoms with Gasteiger partial charge in [-0.1, -0.05) is 12.1 Å². The summed E-state index contributed by atoms with van der Waals surface area (Å²) in [6, 6.07) is 7.19. The zero-order valence-corrected chi connectivity index (χ0v) is 8.86. The summed E-state index contributed by atoms with van der Waals surface area (Å²) in [4.78, 5) is 23.1. The summed E-state index contributed by atoms with van der Waals surface area (Å²) in [5.74, 6) is 0.0612. The standard InChI is InChI=1S/C11H14N2O2/c1-13(2)11(15)7-9-3-5-10(6-4-9)12-8-14/h3-6,8H,7H2,1-2H3,(H,12,14). The maximum Gasteiger partial charge on any atom is 0.226 e. The Balaban J connectivity index is 2.64. The number of amides is 2. The van der Waals surface area contributed by atoms with Crippen LogP contribution in [0.5, 0.6) is 0 Å². The highest BCUT2D eigenvalue weighted by molar-refractivity contribution is 5.78. The molecule has 0 aliphatic rings. The number of carbonyl (C=O) groups is 2. The number of hydrogen-bond donors (Lipinski definition) is 1. The summed E-state index contributed by atoms with van der Waals surface area (Å²) in [6.07, 6.45) is 1.01. The zero-order valence-electron chi connectivity index (χ0n) is 8.86. The van der Waals surface area contributed by atoms with Crippen LogP contribution in [0.15, 0.2) is 24.3 Å². The summed E-state index contributed by atoms with van der Waals surface area (Å²) in [5, 5.41) is 2.53. The molecule has 0 heterocycles. The van der Waals surface area contributed by atoms with Crippen molar-refractivity contribution in [3.8, 4) is 0 Å². The third-order valence-electron chi connectivity index (χ3n) is 2.03. The SMILES string of the molecule is CN(C)C(=O)Cc1ccc(NC=O)cc1. The lowest BCUT2D eigenvalue weighted by atomic mass is 10.1. The van der Waals surface area contributed by atoms with Crippen LogP contribution in [0.1, 0.15) is 5.56 Å². The molecule has 0 radical (unpaired) electrons. The summed E-state index contributed by atoms with van der Waals surface area (Å²) in [5.41, 5.74) is 1.66. The van der Waals surface area contributed by atoms with Gasteiger partial charge in [-0.25, -0.2) is 0 Å². The van der Waals surface area contributed by atoms with Crippen molar-refractivity contribution in [1.29, 1.82) is 0 Å². The predicted octanol–water partition coefficient (Wildman–Crippen LogP) is 0.886. The van der Waals surface area contributed by atoms with Gasteiger partial charge < -0.3 is 10.2 Å². The fourth-order valence-corrected chi connectivity index (χ4v) is 1.12. The summed E-state index contributed by atoms with van der Waals surface area (Å²) in [6.45, 7) is 0. The molecule has 0 aromatic heterocycles. The summed E-state index contributed by atoms with van der Waals surface area (Å²) < 4.78 is 0. The number of rotatable bonds is 4. The van der Waals surface area contributed by atoms with E-state index in [1.54, 1.807) is 31.1 Å². The maximum absolute atomic E-state index is 11.4. The fourth-order valence-electron chi connectivity index (χ4n) is 1.12. The van der Waals surface area contributed by atoms with Crippen molar-refractivity contribution >= 4 is 18.0 Å². The minimum absolute atomic E-state index is 0.0612. The smallest absolute Gasteiger partial charge is 0.226 e. The van der Waals surface area contributed by atoms with Gasteiger partial charge in [-0.2, -0.15) is 0 Å². The van der Waals surface area contributed by atoms with Crippen LogP contribution in [0.2, 0.25) is 0 Å². The van der Waals surface area contributed by atoms with Gasteiger partial charge in [0.2, 0.25) is 12.3 Å². The first-order valence-electron chi connectivity index (χ1n) is 4.63. The number of likely N-dealkylation sites (N-methyl/N-ethyl adjacent to an activating group) is 1. The topological polar surface area (TPSA) is 49.4 Å². The van der Waals surface area contributed by atoms with E-state index in [0.717, 1.165) is 11.3 Å². The van der Waals surface area contributed by atoms with Gasteiger partial charge in [0, 0.05) is 19.8 Å². The molecule has 1 aromatic carbocycles. The highest BCUT2D eigenvalue weighted by Gasteiger charge is 2.04. The largest absolute Gasteiger partial charge is 0.349 e. The number of hydrogen-bond acceptors (Lipinski definition) is 2. The van der Waals surface area contributed by atoms with Gasteiger partial charge in [-0.15, -0.1) is 0 Å². The van der Waals surface area contributed by atoms with Crippen molar-refractivity contribution in [1.82, 2.24) is 4.90 Å². The molecule has 80 valence electrons. The van der Waals surface area contributed by atoms with E-state index in [1.165, 1.54) is 0 Å². The molecule has 1 aromatic rings. The molecule has 0 aliphatic heterocycles. The van der Waals surface area contributed by atoms with Gasteiger partial charge in [0.25, 0.3) is 0 Å². The molecule has 0 atom stereocenters. The quantitative estimate of drug-likeness (QED) is 0.744. The second-order valence-electron chi connectivity index (χ2n) is 3.42. The van der Waals surface area contributed by atoms with E-state index in [-0.39, 0.29) is 5.91 Å². The molecule has 0 spiro atoms. The Labute approximate surface area is 88.9 Å². The van der Waals surface area contributed by atoms with Gasteiger partial charge in [-0.05, 0) is 17.7 Å². The Kier molecular flexibility index (Phi) is 3.85. The molecule has 4 nitrogen and oxygen atoms in total. The Morgan fingerprint density at radius 2 is 1.93 bits per heavy atom. The minimum atomic E-state index is 0.0612. The maximum atomic E-state index is 11.4. The highest BCUT2D eigenvalue weighted by atomic mass is 16.2. The molecule has 0 unspecified atom stereocenters. The average molecular weight is 206 g/mol. The van der Waals surface area contributed by atoms with E-state index in [9.17, 15) is 9.59 Å². The Morgan fingerprint density at radius 1 is 1.33 bits per heavy atom. The second-order valence-corrected chi connectivity index (χ2v) is 3.42. The fraction of sp³-hybridized carbons (Fsp3) is 0.273. The van der Waals surface area contributed by atoms with Gasteiger partial charge in [0.15, 0.2) is 0 Å². The van der Waals surface area contributed by atoms with Crippen molar-refractivity contribution in [3.05, 3.63) is 29.8 Å². The van der Waals surface area contributed by atoms with Crippen LogP contribution in [0.3, 0.4) is 0 Å². The van der Waals surface area contributed by atoms with Crippen molar-refractivity contribution in [2.24, 2.45) is 0 Å². The van der Waals surface area contributed by atoms with Crippen LogP contribution < -0.4 is 5.32 Å². The van der Waals surface area contributed by atoms with E-state index >= 15 is 0 Å². The van der Waals surface area contributed by atoms with E-state index in [2.05, 4.69) is 5.32 Å². The molecule has 0 fully saturated rings. The van der Waals surface area contributed by atoms with Crippen LogP contribution in [0.4, 0.5) is 5.69 Å². The second kappa shape index (κ2) is 5.14. The Bertz CT molecular complexity index is 344. The highest BCUT2D eigenvalue weighted by Crippen LogP contribution is 2.09. The number of carbonyl (C=O) groups excluding carboxylic acids is 2. The van der Waals surface area contributed by atoms with Gasteiger partial charge in [0.1, 0.15) is 0 Å². The number of nitrogens with one attached hydrogen (secondary N) is 1. The molecule has 1 N–H and O–H groups in total. The monoisotopic (exact) mass is 206 g/mol. The third-order valence-corrected chi connectivity index (χ3v) is 2.03.